The van der Waals surface area contributed by atoms with Crippen LogP contribution in [0.3, 0.4) is 0 Å². The number of imidazole rings is 2. The molecule has 0 bridgehead atoms. The van der Waals surface area contributed by atoms with Crippen LogP contribution in [0.1, 0.15) is 11.4 Å². The lowest BCUT2D eigenvalue weighted by atomic mass is 9.88. The average molecular weight is 783 g/mol. The number of nitrogens with zero attached hydrogens (tertiary/aromatic N) is 8. The number of alkyl halides is 6. The number of hydrogen-bond donors (Lipinski definition) is 6. The molecule has 0 amide bonds. The number of aliphatic imine (C=N–C) groups is 2. The summed E-state index contributed by atoms with van der Waals surface area (Å²) in [5.41, 5.74) is 2.71. The Morgan fingerprint density at radius 3 is 1.36 bits per heavy atom. The monoisotopic (exact) mass is 782 g/mol. The molecule has 22 heteroatoms. The van der Waals surface area contributed by atoms with Gasteiger partial charge in [-0.15, -0.1) is 0 Å². The molecule has 6 heterocycles. The number of para-hydroxylation sites is 4. The predicted octanol–water partition coefficient (Wildman–Crippen LogP) is 4.67. The van der Waals surface area contributed by atoms with Gasteiger partial charge in [-0.2, -0.15) is 26.3 Å². The molecule has 4 aromatic heterocycles. The lowest BCUT2D eigenvalue weighted by molar-refractivity contribution is -0.193. The third-order valence-electron chi connectivity index (χ3n) is 8.27. The van der Waals surface area contributed by atoms with E-state index in [2.05, 4.69) is 21.3 Å². The van der Waals surface area contributed by atoms with Crippen molar-refractivity contribution in [3.8, 4) is 0 Å². The van der Waals surface area contributed by atoms with Crippen molar-refractivity contribution >= 4 is 57.8 Å². The van der Waals surface area contributed by atoms with Crippen LogP contribution in [-0.4, -0.2) is 75.5 Å². The summed E-state index contributed by atoms with van der Waals surface area (Å²) in [6, 6.07) is 27.4. The van der Waals surface area contributed by atoms with Crippen molar-refractivity contribution in [2.75, 3.05) is 10.6 Å². The quantitative estimate of drug-likeness (QED) is 0.135. The number of carboxylic acids is 2. The second-order valence-corrected chi connectivity index (χ2v) is 11.8. The van der Waals surface area contributed by atoms with E-state index in [4.69, 9.17) is 49.7 Å². The normalized spacial score (nSPS) is 18.6. The highest BCUT2D eigenvalue weighted by molar-refractivity contribution is 6.01. The number of hydrogen-bond acceptors (Lipinski definition) is 12. The van der Waals surface area contributed by atoms with Crippen molar-refractivity contribution in [1.82, 2.24) is 39.7 Å². The fourth-order valence-corrected chi connectivity index (χ4v) is 5.74. The molecule has 0 atom stereocenters. The smallest absolute Gasteiger partial charge is 0.475 e. The number of rotatable bonds is 4. The Kier molecular flexibility index (Phi) is 9.98. The van der Waals surface area contributed by atoms with E-state index in [1.165, 1.54) is 0 Å². The highest BCUT2D eigenvalue weighted by Gasteiger charge is 2.65. The van der Waals surface area contributed by atoms with Gasteiger partial charge in [0.25, 0.3) is 0 Å². The summed E-state index contributed by atoms with van der Waals surface area (Å²) in [5, 5.41) is 28.2. The number of anilines is 2. The molecule has 6 aromatic rings. The van der Waals surface area contributed by atoms with Gasteiger partial charge in [-0.25, -0.2) is 29.5 Å². The number of fused-ring (bicyclic) bond motifs is 3. The fraction of sp³-hybridized carbons (Fsp3) is 0.176. The maximum absolute atomic E-state index is 10.6. The van der Waals surface area contributed by atoms with E-state index in [1.807, 2.05) is 108 Å². The number of aliphatic carboxylic acids is 2. The molecule has 0 saturated heterocycles. The summed E-state index contributed by atoms with van der Waals surface area (Å²) < 4.78 is 67.5. The van der Waals surface area contributed by atoms with Crippen LogP contribution in [0.15, 0.2) is 107 Å². The molecule has 8 rings (SSSR count). The summed E-state index contributed by atoms with van der Waals surface area (Å²) in [5.74, 6) is -3.29. The van der Waals surface area contributed by atoms with Crippen molar-refractivity contribution < 1.29 is 46.1 Å². The molecule has 0 radical (unpaired) electrons. The van der Waals surface area contributed by atoms with E-state index < -0.39 is 35.6 Å². The van der Waals surface area contributed by atoms with Crippen LogP contribution >= 0.6 is 0 Å². The zero-order valence-corrected chi connectivity index (χ0v) is 28.8. The molecule has 2 aliphatic rings. The van der Waals surface area contributed by atoms with Gasteiger partial charge in [0.15, 0.2) is 0 Å². The molecular formula is C34H28F6N12O4. The second-order valence-electron chi connectivity index (χ2n) is 11.8. The maximum atomic E-state index is 10.6. The Morgan fingerprint density at radius 2 is 1.00 bits per heavy atom. The first kappa shape index (κ1) is 38.5. The van der Waals surface area contributed by atoms with E-state index in [0.717, 1.165) is 22.1 Å². The van der Waals surface area contributed by atoms with Gasteiger partial charge in [-0.3, -0.25) is 20.6 Å². The molecule has 2 aliphatic heterocycles. The average Bonchev–Trinajstić information content (AvgIpc) is 3.85. The highest BCUT2D eigenvalue weighted by atomic mass is 19.4. The molecule has 0 spiro atoms. The number of benzene rings is 2. The first-order valence-corrected chi connectivity index (χ1v) is 16.0. The van der Waals surface area contributed by atoms with Crippen LogP contribution in [0.4, 0.5) is 38.2 Å². The van der Waals surface area contributed by atoms with Crippen molar-refractivity contribution in [1.29, 1.82) is 0 Å². The van der Waals surface area contributed by atoms with Crippen LogP contribution in [0, 0.1) is 0 Å². The highest BCUT2D eigenvalue weighted by Crippen LogP contribution is 2.48. The topological polar surface area (TPSA) is 209 Å². The van der Waals surface area contributed by atoms with Gasteiger partial charge in [0.05, 0.1) is 33.5 Å². The summed E-state index contributed by atoms with van der Waals surface area (Å²) in [7, 11) is 3.93. The van der Waals surface area contributed by atoms with E-state index in [1.54, 1.807) is 12.4 Å². The standard InChI is InChI=1S/C30H26N12.2C2HF3O2/c1-41-21-13-5-3-11-19(21)33-27(41)35-25-37-29(23-15-7-9-17-31-23)30(38-25,24-16-8-10-18-32-24)40-26(39-29)36-28-34-20-12-4-6-14-22(20)42(28)2;2*3-2(4,5)1(6)7/h3-18H,1-2H3,(H2,33,35,37,38)(H2,34,36,39,40);2*(H,6,7). The minimum Gasteiger partial charge on any atom is -0.475 e. The molecule has 56 heavy (non-hydrogen) atoms. The Hall–Kier alpha value is -7.26. The van der Waals surface area contributed by atoms with E-state index in [9.17, 15) is 26.3 Å². The molecule has 16 nitrogen and oxygen atoms in total. The van der Waals surface area contributed by atoms with Crippen LogP contribution in [0.5, 0.6) is 0 Å². The number of aromatic nitrogens is 6. The number of pyridine rings is 2. The molecule has 290 valence electrons. The third kappa shape index (κ3) is 7.30. The van der Waals surface area contributed by atoms with Gasteiger partial charge < -0.3 is 30.0 Å². The largest absolute Gasteiger partial charge is 0.490 e. The Bertz CT molecular complexity index is 2340. The van der Waals surface area contributed by atoms with Crippen molar-refractivity contribution in [2.24, 2.45) is 24.1 Å². The van der Waals surface area contributed by atoms with Crippen LogP contribution in [0.25, 0.3) is 22.1 Å². The molecular weight excluding hydrogens is 754 g/mol. The maximum Gasteiger partial charge on any atom is 0.490 e. The minimum atomic E-state index is -5.08. The number of guanidine groups is 2. The van der Waals surface area contributed by atoms with Crippen LogP contribution in [-0.2, 0) is 35.0 Å². The van der Waals surface area contributed by atoms with Gasteiger partial charge in [0, 0.05) is 26.5 Å². The molecule has 2 aromatic carbocycles. The van der Waals surface area contributed by atoms with E-state index in [-0.39, 0.29) is 0 Å². The van der Waals surface area contributed by atoms with Crippen molar-refractivity contribution in [3.63, 3.8) is 0 Å². The zero-order valence-electron chi connectivity index (χ0n) is 28.8. The molecule has 0 fully saturated rings. The van der Waals surface area contributed by atoms with Crippen LogP contribution < -0.4 is 21.3 Å². The van der Waals surface area contributed by atoms with Gasteiger partial charge >= 0.3 is 24.3 Å². The second kappa shape index (κ2) is 14.5. The molecule has 0 saturated carbocycles. The van der Waals surface area contributed by atoms with Gasteiger partial charge in [0.1, 0.15) is 0 Å². The van der Waals surface area contributed by atoms with Gasteiger partial charge in [-0.1, -0.05) is 36.4 Å². The lowest BCUT2D eigenvalue weighted by Crippen LogP contribution is -2.61. The number of halogens is 6. The first-order valence-electron chi connectivity index (χ1n) is 16.0. The Morgan fingerprint density at radius 1 is 0.625 bits per heavy atom. The summed E-state index contributed by atoms with van der Waals surface area (Å²) in [4.78, 5) is 47.2. The van der Waals surface area contributed by atoms with E-state index >= 15 is 0 Å². The number of aryl methyl sites for hydroxylation is 2. The fourth-order valence-electron chi connectivity index (χ4n) is 5.74. The van der Waals surface area contributed by atoms with Crippen molar-refractivity contribution in [3.05, 3.63) is 109 Å². The number of carbonyl (C=O) groups is 2. The third-order valence-corrected chi connectivity index (χ3v) is 8.27. The first-order chi connectivity index (χ1) is 26.4. The minimum absolute atomic E-state index is 0.475. The Labute approximate surface area is 310 Å². The van der Waals surface area contributed by atoms with Crippen LogP contribution in [0.2, 0.25) is 0 Å². The Balaban J connectivity index is 0.000000326. The zero-order chi connectivity index (χ0) is 40.5. The van der Waals surface area contributed by atoms with Crippen molar-refractivity contribution in [2.45, 2.75) is 23.7 Å². The molecule has 0 unspecified atom stereocenters. The summed E-state index contributed by atoms with van der Waals surface area (Å²) >= 11 is 0. The number of carboxylic acid groups (broad SMARTS) is 2. The summed E-state index contributed by atoms with van der Waals surface area (Å²) in [6.45, 7) is 0. The summed E-state index contributed by atoms with van der Waals surface area (Å²) in [6.07, 6.45) is -6.67. The van der Waals surface area contributed by atoms with Gasteiger partial charge in [0.2, 0.25) is 35.1 Å². The number of nitrogens with one attached hydrogen (secondary N) is 4. The molecule has 0 aliphatic carbocycles. The van der Waals surface area contributed by atoms with E-state index in [0.29, 0.717) is 35.2 Å². The predicted molar refractivity (Wildman–Crippen MR) is 189 cm³/mol. The van der Waals surface area contributed by atoms with Gasteiger partial charge in [-0.05, 0) is 48.5 Å². The SMILES string of the molecule is Cn1c(NC2=NC3(c4ccccn4)N=C(Nc4nc5ccccc5n4C)NC3(c3ccccn3)N2)nc2ccccc21.O=C(O)C(F)(F)F.O=C(O)C(F)(F)F. The lowest BCUT2D eigenvalue weighted by Gasteiger charge is -2.35. The molecule has 6 N–H and O–H groups in total.